The Bertz CT molecular complexity index is 5650. The zero-order valence-electron chi connectivity index (χ0n) is 55.5. The quantitative estimate of drug-likeness (QED) is 0.0384. The number of amides is 1. The minimum Gasteiger partial charge on any atom is -0.382 e. The molecule has 18 rings (SSSR count). The molecule has 498 valence electrons. The van der Waals surface area contributed by atoms with Gasteiger partial charge in [0.1, 0.15) is 68.6 Å². The topological polar surface area (TPSA) is 311 Å². The molecule has 9 aromatic heterocycles. The van der Waals surface area contributed by atoms with E-state index in [1.807, 2.05) is 79.3 Å². The summed E-state index contributed by atoms with van der Waals surface area (Å²) in [6.07, 6.45) is 17.0. The van der Waals surface area contributed by atoms with Crippen LogP contribution < -0.4 is 28.3 Å². The lowest BCUT2D eigenvalue weighted by Gasteiger charge is -2.34. The van der Waals surface area contributed by atoms with Gasteiger partial charge in [-0.05, 0) is 105 Å². The molecule has 0 bridgehead atoms. The molecule has 3 aliphatic rings. The van der Waals surface area contributed by atoms with Crippen LogP contribution in [0.2, 0.25) is 0 Å². The number of nitrogens with zero attached hydrogens (tertiary/aromatic N) is 15. The van der Waals surface area contributed by atoms with Gasteiger partial charge in [-0.2, -0.15) is 0 Å². The van der Waals surface area contributed by atoms with Crippen molar-refractivity contribution in [2.75, 3.05) is 36.8 Å². The Morgan fingerprint density at radius 2 is 0.792 bits per heavy atom. The molecule has 3 saturated carbocycles. The van der Waals surface area contributed by atoms with Gasteiger partial charge < -0.3 is 28.3 Å². The Balaban J connectivity index is 0.000000118. The predicted molar refractivity (Wildman–Crippen MR) is 399 cm³/mol. The molecule has 0 spiro atoms. The minimum absolute atomic E-state index is 0.0150. The fourth-order valence-corrected chi connectivity index (χ4v) is 14.6. The van der Waals surface area contributed by atoms with Crippen LogP contribution in [-0.2, 0) is 4.79 Å². The molecule has 0 aliphatic heterocycles. The monoisotopic (exact) mass is 1330 g/mol. The number of anilines is 3. The van der Waals surface area contributed by atoms with Gasteiger partial charge in [0, 0.05) is 129 Å². The summed E-state index contributed by atoms with van der Waals surface area (Å²) in [7, 11) is 0. The molecule has 15 aromatic rings. The van der Waals surface area contributed by atoms with E-state index < -0.39 is 0 Å². The molecule has 21 nitrogen and oxygen atoms in total. The van der Waals surface area contributed by atoms with Crippen LogP contribution in [0.25, 0.3) is 127 Å². The zero-order chi connectivity index (χ0) is 68.7. The van der Waals surface area contributed by atoms with E-state index >= 15 is 0 Å². The maximum atomic E-state index is 11.3. The summed E-state index contributed by atoms with van der Waals surface area (Å²) in [6, 6.07) is 61.8. The number of nitrogens with two attached hydrogens (primary N) is 4. The van der Waals surface area contributed by atoms with Crippen molar-refractivity contribution in [3.63, 3.8) is 0 Å². The lowest BCUT2D eigenvalue weighted by atomic mass is 9.74. The van der Waals surface area contributed by atoms with Gasteiger partial charge in [-0.15, -0.1) is 0 Å². The number of fused-ring (bicyclic) bond motifs is 6. The third-order valence-corrected chi connectivity index (χ3v) is 20.1. The molecular formula is C80H72N20O. The van der Waals surface area contributed by atoms with E-state index in [9.17, 15) is 4.79 Å². The highest BCUT2D eigenvalue weighted by atomic mass is 16.1. The van der Waals surface area contributed by atoms with Gasteiger partial charge in [0.2, 0.25) is 5.91 Å². The van der Waals surface area contributed by atoms with E-state index in [-0.39, 0.29) is 5.91 Å². The first-order valence-corrected chi connectivity index (χ1v) is 34.2. The third-order valence-electron chi connectivity index (χ3n) is 20.1. The molecular weight excluding hydrogens is 1260 g/mol. The number of pyridine rings is 3. The van der Waals surface area contributed by atoms with E-state index in [1.54, 1.807) is 25.5 Å². The van der Waals surface area contributed by atoms with Gasteiger partial charge >= 0.3 is 0 Å². The van der Waals surface area contributed by atoms with Gasteiger partial charge in [-0.1, -0.05) is 151 Å². The molecule has 0 atom stereocenters. The van der Waals surface area contributed by atoms with Crippen LogP contribution in [0.15, 0.2) is 224 Å². The van der Waals surface area contributed by atoms with Crippen molar-refractivity contribution in [2.45, 2.75) is 63.2 Å². The number of nitrogens with one attached hydrogen (secondary N) is 1. The van der Waals surface area contributed by atoms with Gasteiger partial charge in [0.25, 0.3) is 0 Å². The number of nitrogen functional groups attached to an aromatic ring is 3. The van der Waals surface area contributed by atoms with Gasteiger partial charge in [-0.3, -0.25) is 18.0 Å². The highest BCUT2D eigenvalue weighted by molar-refractivity contribution is 5.94. The summed E-state index contributed by atoms with van der Waals surface area (Å²) >= 11 is 0. The van der Waals surface area contributed by atoms with E-state index in [2.05, 4.69) is 165 Å². The van der Waals surface area contributed by atoms with Crippen LogP contribution in [0.3, 0.4) is 0 Å². The fourth-order valence-electron chi connectivity index (χ4n) is 14.6. The SMILES string of the molecule is CC(=O)NCC1CC(c2nc(-c3ccc4ccc(-c5ccccc5)nc4c3)c3c(N)nccn23)C1.NCC1CC(c2nc(-c3ccc4ccc(-c5ccccc5)nc4c3)c3c(N)nccn23)C1.[N-]=[N+]=NCC1CC(c2nc(-c3ccc4ccc(-c5ccccc5)nc4c3)c3c(N)nccn23)C1. The number of carbonyl (C=O) groups is 1. The molecule has 3 aliphatic carbocycles. The highest BCUT2D eigenvalue weighted by Gasteiger charge is 2.37. The molecule has 101 heavy (non-hydrogen) atoms. The van der Waals surface area contributed by atoms with E-state index in [0.29, 0.717) is 66.1 Å². The van der Waals surface area contributed by atoms with Crippen LogP contribution in [0.4, 0.5) is 17.5 Å². The van der Waals surface area contributed by atoms with Crippen LogP contribution >= 0.6 is 0 Å². The number of hydrogen-bond donors (Lipinski definition) is 5. The number of hydrogen-bond acceptors (Lipinski definition) is 15. The first kappa shape index (κ1) is 63.3. The van der Waals surface area contributed by atoms with Gasteiger partial charge in [0.15, 0.2) is 0 Å². The number of imidazole rings is 3. The predicted octanol–water partition coefficient (Wildman–Crippen LogP) is 15.5. The Labute approximate surface area is 581 Å². The average Bonchev–Trinajstić information content (AvgIpc) is 1.61. The summed E-state index contributed by atoms with van der Waals surface area (Å²) in [5, 5.41) is 9.88. The summed E-state index contributed by atoms with van der Waals surface area (Å²) in [5.74, 6) is 6.89. The Kier molecular flexibility index (Phi) is 17.0. The first-order valence-electron chi connectivity index (χ1n) is 34.2. The Morgan fingerprint density at radius 3 is 1.13 bits per heavy atom. The summed E-state index contributed by atoms with van der Waals surface area (Å²) in [6.45, 7) is 3.54. The smallest absolute Gasteiger partial charge is 0.216 e. The van der Waals surface area contributed by atoms with Crippen LogP contribution in [-0.4, -0.2) is 83.6 Å². The molecule has 1 amide bonds. The van der Waals surface area contributed by atoms with Crippen molar-refractivity contribution in [1.82, 2.24) is 63.4 Å². The van der Waals surface area contributed by atoms with Crippen molar-refractivity contribution in [1.29, 1.82) is 0 Å². The lowest BCUT2D eigenvalue weighted by molar-refractivity contribution is -0.119. The summed E-state index contributed by atoms with van der Waals surface area (Å²) < 4.78 is 6.24. The van der Waals surface area contributed by atoms with E-state index in [0.717, 1.165) is 179 Å². The Hall–Kier alpha value is -12.5. The van der Waals surface area contributed by atoms with Crippen molar-refractivity contribution in [3.8, 4) is 67.5 Å². The van der Waals surface area contributed by atoms with Crippen LogP contribution in [0, 0.1) is 17.8 Å². The summed E-state index contributed by atoms with van der Waals surface area (Å²) in [5.41, 5.74) is 50.2. The normalized spacial score (nSPS) is 17.6. The number of rotatable bonds is 14. The van der Waals surface area contributed by atoms with Gasteiger partial charge in [0.05, 0.1) is 33.6 Å². The average molecular weight is 1330 g/mol. The largest absolute Gasteiger partial charge is 0.382 e. The number of aromatic nitrogens is 12. The summed E-state index contributed by atoms with van der Waals surface area (Å²) in [4.78, 5) is 57.1. The second kappa shape index (κ2) is 27.1. The molecule has 21 heteroatoms. The second-order valence-corrected chi connectivity index (χ2v) is 26.6. The maximum absolute atomic E-state index is 11.3. The number of azide groups is 1. The number of carbonyl (C=O) groups excluding carboxylic acids is 1. The lowest BCUT2D eigenvalue weighted by Crippen LogP contribution is -2.34. The van der Waals surface area contributed by atoms with Crippen molar-refractivity contribution < 1.29 is 4.79 Å². The molecule has 9 N–H and O–H groups in total. The standard InChI is InChI=1S/C28H26N6O.C26H22N8.C26H24N6/c1-17(35)31-16-18-13-22(14-18)28-33-25(26-27(29)30-11-12-34(26)28)21-8-7-20-9-10-23(32-24(20)15-21)19-5-3-2-4-6-19;27-25-24-23(32-26(34(24)11-10-29-25)20-12-16(13-20)15-30-33-28)19-7-6-18-8-9-21(31-22(18)14-19)17-4-2-1-3-5-17;27-15-16-12-20(13-16)26-31-23(24-25(28)29-10-11-32(24)26)19-7-6-18-8-9-21(30-22(18)14-19)17-4-2-1-3-5-17/h2-12,15,18,22H,13-14,16H2,1H3,(H2,29,30)(H,31,35);1-11,14,16,20H,12-13,15H2,(H2,27,29);1-11,14,16,20H,12-13,15,27H2,(H2,28,29). The molecule has 0 unspecified atom stereocenters. The molecule has 6 aromatic carbocycles. The van der Waals surface area contributed by atoms with E-state index in [1.165, 1.54) is 0 Å². The second-order valence-electron chi connectivity index (χ2n) is 26.6. The zero-order valence-corrected chi connectivity index (χ0v) is 55.5. The third kappa shape index (κ3) is 12.5. The fraction of sp³-hybridized carbons (Fsp3) is 0.200. The first-order chi connectivity index (χ1) is 49.5. The molecule has 0 saturated heterocycles. The van der Waals surface area contributed by atoms with Crippen LogP contribution in [0.5, 0.6) is 0 Å². The molecule has 0 radical (unpaired) electrons. The van der Waals surface area contributed by atoms with Crippen molar-refractivity contribution in [2.24, 2.45) is 28.6 Å². The molecule has 9 heterocycles. The van der Waals surface area contributed by atoms with Gasteiger partial charge in [-0.25, -0.2) is 44.9 Å². The Morgan fingerprint density at radius 1 is 0.455 bits per heavy atom. The number of benzene rings is 6. The minimum atomic E-state index is 0.0150. The van der Waals surface area contributed by atoms with Crippen molar-refractivity contribution in [3.05, 3.63) is 247 Å². The van der Waals surface area contributed by atoms with Crippen molar-refractivity contribution >= 4 is 72.6 Å². The van der Waals surface area contributed by atoms with Crippen LogP contribution in [0.1, 0.15) is 80.7 Å². The van der Waals surface area contributed by atoms with E-state index in [4.69, 9.17) is 58.4 Å². The highest BCUT2D eigenvalue weighted by Crippen LogP contribution is 2.46. The molecule has 3 fully saturated rings. The maximum Gasteiger partial charge on any atom is 0.216 e.